The maximum Gasteiger partial charge on any atom is 0.243 e. The standard InChI is InChI=1S/C22H30N2O4S/c1-17(2)14-15-23-22(25)16-21(18-10-12-19(28-4)13-11-18)24(3)29(26,27)20-8-6-5-7-9-20/h5-13,17,21H,14-16H2,1-4H3,(H,23,25)/t21-/m0/s1. The monoisotopic (exact) mass is 418 g/mol. The first kappa shape index (κ1) is 22.9. The summed E-state index contributed by atoms with van der Waals surface area (Å²) in [7, 11) is -0.677. The van der Waals surface area contributed by atoms with Crippen molar-refractivity contribution in [2.45, 2.75) is 37.6 Å². The molecule has 2 rings (SSSR count). The average Bonchev–Trinajstić information content (AvgIpc) is 2.72. The maximum absolute atomic E-state index is 13.1. The lowest BCUT2D eigenvalue weighted by atomic mass is 10.0. The third kappa shape index (κ3) is 6.30. The van der Waals surface area contributed by atoms with Crippen LogP contribution < -0.4 is 10.1 Å². The van der Waals surface area contributed by atoms with Crippen LogP contribution in [0, 0.1) is 5.92 Å². The fourth-order valence-electron chi connectivity index (χ4n) is 2.96. The largest absolute Gasteiger partial charge is 0.497 e. The van der Waals surface area contributed by atoms with Crippen molar-refractivity contribution in [1.29, 1.82) is 0 Å². The minimum Gasteiger partial charge on any atom is -0.497 e. The summed E-state index contributed by atoms with van der Waals surface area (Å²) in [6, 6.07) is 14.7. The van der Waals surface area contributed by atoms with E-state index in [9.17, 15) is 13.2 Å². The zero-order valence-corrected chi connectivity index (χ0v) is 18.3. The number of rotatable bonds is 10. The van der Waals surface area contributed by atoms with Crippen LogP contribution in [0.3, 0.4) is 0 Å². The van der Waals surface area contributed by atoms with Crippen molar-refractivity contribution in [2.24, 2.45) is 5.92 Å². The molecule has 158 valence electrons. The van der Waals surface area contributed by atoms with E-state index in [0.717, 1.165) is 12.0 Å². The Morgan fingerprint density at radius 1 is 1.07 bits per heavy atom. The molecule has 2 aromatic rings. The molecule has 6 nitrogen and oxygen atoms in total. The van der Waals surface area contributed by atoms with E-state index in [1.54, 1.807) is 61.7 Å². The van der Waals surface area contributed by atoms with E-state index in [1.807, 2.05) is 0 Å². The van der Waals surface area contributed by atoms with Crippen LogP contribution in [0.15, 0.2) is 59.5 Å². The predicted octanol–water partition coefficient (Wildman–Crippen LogP) is 3.61. The number of sulfonamides is 1. The highest BCUT2D eigenvalue weighted by molar-refractivity contribution is 7.89. The Balaban J connectivity index is 2.29. The summed E-state index contributed by atoms with van der Waals surface area (Å²) >= 11 is 0. The first-order valence-electron chi connectivity index (χ1n) is 9.69. The lowest BCUT2D eigenvalue weighted by molar-refractivity contribution is -0.122. The Kier molecular flexibility index (Phi) is 8.22. The summed E-state index contributed by atoms with van der Waals surface area (Å²) in [5, 5.41) is 2.90. The maximum atomic E-state index is 13.1. The van der Waals surface area contributed by atoms with Crippen LogP contribution in [0.2, 0.25) is 0 Å². The Morgan fingerprint density at radius 2 is 1.69 bits per heavy atom. The van der Waals surface area contributed by atoms with Crippen LogP contribution in [0.1, 0.15) is 38.3 Å². The normalized spacial score (nSPS) is 12.8. The van der Waals surface area contributed by atoms with Crippen molar-refractivity contribution in [2.75, 3.05) is 20.7 Å². The fraction of sp³-hybridized carbons (Fsp3) is 0.409. The summed E-state index contributed by atoms with van der Waals surface area (Å²) in [5.74, 6) is 0.970. The molecular formula is C22H30N2O4S. The van der Waals surface area contributed by atoms with Crippen LogP contribution in [0.5, 0.6) is 5.75 Å². The molecule has 0 aromatic heterocycles. The van der Waals surface area contributed by atoms with Crippen molar-refractivity contribution in [3.05, 3.63) is 60.2 Å². The molecule has 0 saturated carbocycles. The smallest absolute Gasteiger partial charge is 0.243 e. The molecular weight excluding hydrogens is 388 g/mol. The van der Waals surface area contributed by atoms with Gasteiger partial charge in [-0.1, -0.05) is 44.2 Å². The number of carbonyl (C=O) groups excluding carboxylic acids is 1. The van der Waals surface area contributed by atoms with Gasteiger partial charge in [-0.2, -0.15) is 4.31 Å². The highest BCUT2D eigenvalue weighted by Crippen LogP contribution is 2.30. The van der Waals surface area contributed by atoms with E-state index in [4.69, 9.17) is 4.74 Å². The molecule has 1 amide bonds. The number of carbonyl (C=O) groups is 1. The van der Waals surface area contributed by atoms with Crippen LogP contribution in [-0.4, -0.2) is 39.3 Å². The van der Waals surface area contributed by atoms with E-state index in [-0.39, 0.29) is 17.2 Å². The van der Waals surface area contributed by atoms with E-state index in [1.165, 1.54) is 11.4 Å². The quantitative estimate of drug-likeness (QED) is 0.640. The Hall–Kier alpha value is -2.38. The number of hydrogen-bond acceptors (Lipinski definition) is 4. The number of amides is 1. The van der Waals surface area contributed by atoms with Crippen molar-refractivity contribution >= 4 is 15.9 Å². The van der Waals surface area contributed by atoms with Gasteiger partial charge in [0, 0.05) is 20.0 Å². The SMILES string of the molecule is COc1ccc([C@H](CC(=O)NCCC(C)C)N(C)S(=O)(=O)c2ccccc2)cc1. The molecule has 7 heteroatoms. The second kappa shape index (κ2) is 10.4. The lowest BCUT2D eigenvalue weighted by Gasteiger charge is -2.28. The van der Waals surface area contributed by atoms with Crippen molar-refractivity contribution in [3.8, 4) is 5.75 Å². The molecule has 0 saturated heterocycles. The highest BCUT2D eigenvalue weighted by atomic mass is 32.2. The van der Waals surface area contributed by atoms with Gasteiger partial charge in [0.05, 0.1) is 18.0 Å². The first-order valence-corrected chi connectivity index (χ1v) is 11.1. The zero-order valence-electron chi connectivity index (χ0n) is 17.5. The number of benzene rings is 2. The summed E-state index contributed by atoms with van der Waals surface area (Å²) in [6.07, 6.45) is 0.907. The van der Waals surface area contributed by atoms with Crippen LogP contribution in [0.4, 0.5) is 0 Å². The minimum atomic E-state index is -3.76. The van der Waals surface area contributed by atoms with Gasteiger partial charge in [0.15, 0.2) is 0 Å². The van der Waals surface area contributed by atoms with Crippen molar-refractivity contribution < 1.29 is 17.9 Å². The number of ether oxygens (including phenoxy) is 1. The van der Waals surface area contributed by atoms with E-state index < -0.39 is 16.1 Å². The van der Waals surface area contributed by atoms with Crippen LogP contribution in [0.25, 0.3) is 0 Å². The van der Waals surface area contributed by atoms with Gasteiger partial charge in [-0.05, 0) is 42.2 Å². The molecule has 0 aliphatic heterocycles. The molecule has 29 heavy (non-hydrogen) atoms. The zero-order chi connectivity index (χ0) is 21.4. The summed E-state index contributed by atoms with van der Waals surface area (Å²) in [4.78, 5) is 12.7. The molecule has 0 spiro atoms. The lowest BCUT2D eigenvalue weighted by Crippen LogP contribution is -2.35. The predicted molar refractivity (Wildman–Crippen MR) is 114 cm³/mol. The van der Waals surface area contributed by atoms with E-state index in [0.29, 0.717) is 18.2 Å². The minimum absolute atomic E-state index is 0.0347. The molecule has 1 N–H and O–H groups in total. The van der Waals surface area contributed by atoms with Crippen LogP contribution in [-0.2, 0) is 14.8 Å². The average molecular weight is 419 g/mol. The molecule has 0 radical (unpaired) electrons. The van der Waals surface area contributed by atoms with Gasteiger partial charge >= 0.3 is 0 Å². The van der Waals surface area contributed by atoms with Crippen molar-refractivity contribution in [1.82, 2.24) is 9.62 Å². The topological polar surface area (TPSA) is 75.7 Å². The van der Waals surface area contributed by atoms with Gasteiger partial charge in [0.2, 0.25) is 15.9 Å². The Bertz CT molecular complexity index is 881. The molecule has 0 heterocycles. The highest BCUT2D eigenvalue weighted by Gasteiger charge is 2.30. The number of methoxy groups -OCH3 is 1. The fourth-order valence-corrected chi connectivity index (χ4v) is 4.32. The third-order valence-corrected chi connectivity index (χ3v) is 6.66. The second-order valence-corrected chi connectivity index (χ2v) is 9.36. The van der Waals surface area contributed by atoms with Crippen molar-refractivity contribution in [3.63, 3.8) is 0 Å². The van der Waals surface area contributed by atoms with E-state index in [2.05, 4.69) is 19.2 Å². The van der Waals surface area contributed by atoms with Gasteiger partial charge < -0.3 is 10.1 Å². The van der Waals surface area contributed by atoms with E-state index >= 15 is 0 Å². The molecule has 1 atom stereocenters. The molecule has 0 aliphatic carbocycles. The van der Waals surface area contributed by atoms with Gasteiger partial charge in [-0.3, -0.25) is 4.79 Å². The molecule has 0 aliphatic rings. The molecule has 0 unspecified atom stereocenters. The van der Waals surface area contributed by atoms with Gasteiger partial charge in [0.1, 0.15) is 5.75 Å². The number of nitrogens with one attached hydrogen (secondary N) is 1. The molecule has 0 bridgehead atoms. The summed E-state index contributed by atoms with van der Waals surface area (Å²) in [5.41, 5.74) is 0.729. The Morgan fingerprint density at radius 3 is 2.24 bits per heavy atom. The van der Waals surface area contributed by atoms with Crippen LogP contribution >= 0.6 is 0 Å². The van der Waals surface area contributed by atoms with Gasteiger partial charge in [-0.15, -0.1) is 0 Å². The van der Waals surface area contributed by atoms with Gasteiger partial charge in [-0.25, -0.2) is 8.42 Å². The summed E-state index contributed by atoms with van der Waals surface area (Å²) < 4.78 is 32.7. The number of hydrogen-bond donors (Lipinski definition) is 1. The second-order valence-electron chi connectivity index (χ2n) is 7.36. The first-order chi connectivity index (χ1) is 13.8. The molecule has 0 fully saturated rings. The summed E-state index contributed by atoms with van der Waals surface area (Å²) in [6.45, 7) is 4.75. The Labute approximate surface area is 173 Å². The molecule has 2 aromatic carbocycles. The third-order valence-electron chi connectivity index (χ3n) is 4.78. The van der Waals surface area contributed by atoms with Gasteiger partial charge in [0.25, 0.3) is 0 Å². The number of nitrogens with zero attached hydrogens (tertiary/aromatic N) is 1.